The van der Waals surface area contributed by atoms with Crippen LogP contribution in [0.5, 0.6) is 0 Å². The first-order valence-electron chi connectivity index (χ1n) is 6.85. The molecule has 23 heavy (non-hydrogen) atoms. The molecule has 3 aromatic rings. The van der Waals surface area contributed by atoms with Crippen molar-refractivity contribution < 1.29 is 4.79 Å². The molecule has 0 N–H and O–H groups in total. The smallest absolute Gasteiger partial charge is 0.189 e. The van der Waals surface area contributed by atoms with Gasteiger partial charge in [-0.15, -0.1) is 0 Å². The molecule has 0 bridgehead atoms. The van der Waals surface area contributed by atoms with Gasteiger partial charge in [-0.2, -0.15) is 10.4 Å². The van der Waals surface area contributed by atoms with Gasteiger partial charge in [0.15, 0.2) is 11.7 Å². The molecular formula is C17H11ClN4O. The van der Waals surface area contributed by atoms with Crippen molar-refractivity contribution in [3.8, 4) is 11.8 Å². The second-order valence-electron chi connectivity index (χ2n) is 4.81. The van der Waals surface area contributed by atoms with Gasteiger partial charge in [-0.3, -0.25) is 9.78 Å². The lowest BCUT2D eigenvalue weighted by molar-refractivity contribution is 0.0977. The van der Waals surface area contributed by atoms with Gasteiger partial charge in [-0.05, 0) is 24.3 Å². The molecule has 1 atom stereocenters. The number of para-hydroxylation sites is 1. The Bertz CT molecular complexity index is 883. The van der Waals surface area contributed by atoms with E-state index in [-0.39, 0.29) is 5.78 Å². The number of nitrogens with zero attached hydrogens (tertiary/aromatic N) is 4. The average molecular weight is 323 g/mol. The highest BCUT2D eigenvalue weighted by atomic mass is 35.5. The van der Waals surface area contributed by atoms with Gasteiger partial charge >= 0.3 is 0 Å². The van der Waals surface area contributed by atoms with Gasteiger partial charge in [-0.25, -0.2) is 4.68 Å². The van der Waals surface area contributed by atoms with Gasteiger partial charge in [0.1, 0.15) is 0 Å². The molecule has 1 aromatic carbocycles. The molecule has 112 valence electrons. The number of carbonyl (C=O) groups excluding carboxylic acids is 1. The standard InChI is InChI=1S/C17H11ClN4O/c18-14-5-1-2-7-16(14)22-11-12(10-21-22)17(23)13(9-19)15-6-3-4-8-20-15/h1-8,10-11,13H. The summed E-state index contributed by atoms with van der Waals surface area (Å²) in [4.78, 5) is 16.6. The van der Waals surface area contributed by atoms with Crippen molar-refractivity contribution in [3.63, 3.8) is 0 Å². The molecule has 1 unspecified atom stereocenters. The molecule has 5 nitrogen and oxygen atoms in total. The van der Waals surface area contributed by atoms with Crippen LogP contribution < -0.4 is 0 Å². The van der Waals surface area contributed by atoms with Gasteiger partial charge in [0.05, 0.1) is 34.2 Å². The van der Waals surface area contributed by atoms with Gasteiger partial charge in [0.25, 0.3) is 0 Å². The van der Waals surface area contributed by atoms with Crippen LogP contribution >= 0.6 is 11.6 Å². The summed E-state index contributed by atoms with van der Waals surface area (Å²) in [6.45, 7) is 0. The van der Waals surface area contributed by atoms with Crippen molar-refractivity contribution in [2.45, 2.75) is 5.92 Å². The Morgan fingerprint density at radius 2 is 2.00 bits per heavy atom. The van der Waals surface area contributed by atoms with Crippen molar-refractivity contribution in [1.29, 1.82) is 5.26 Å². The zero-order valence-corrected chi connectivity index (χ0v) is 12.7. The third kappa shape index (κ3) is 2.98. The third-order valence-corrected chi connectivity index (χ3v) is 3.66. The number of rotatable bonds is 4. The number of hydrogen-bond acceptors (Lipinski definition) is 4. The van der Waals surface area contributed by atoms with Gasteiger partial charge in [0, 0.05) is 12.4 Å². The number of nitriles is 1. The van der Waals surface area contributed by atoms with Crippen LogP contribution in [0.3, 0.4) is 0 Å². The number of benzene rings is 1. The molecule has 0 aliphatic carbocycles. The first kappa shape index (κ1) is 14.9. The zero-order valence-electron chi connectivity index (χ0n) is 11.9. The van der Waals surface area contributed by atoms with Crippen LogP contribution in [-0.4, -0.2) is 20.5 Å². The number of carbonyl (C=O) groups is 1. The van der Waals surface area contributed by atoms with E-state index < -0.39 is 5.92 Å². The number of Topliss-reactive ketones (excluding diaryl/α,β-unsaturated/α-hetero) is 1. The summed E-state index contributed by atoms with van der Waals surface area (Å²) in [6, 6.07) is 14.3. The molecule has 0 saturated heterocycles. The van der Waals surface area contributed by atoms with Gasteiger partial charge in [-0.1, -0.05) is 29.8 Å². The fraction of sp³-hybridized carbons (Fsp3) is 0.0588. The Morgan fingerprint density at radius 3 is 2.70 bits per heavy atom. The second kappa shape index (κ2) is 6.42. The minimum absolute atomic E-state index is 0.335. The lowest BCUT2D eigenvalue weighted by Gasteiger charge is -2.05. The number of ketones is 1. The molecule has 6 heteroatoms. The highest BCUT2D eigenvalue weighted by Crippen LogP contribution is 2.22. The van der Waals surface area contributed by atoms with Crippen LogP contribution in [0.15, 0.2) is 61.1 Å². The summed E-state index contributed by atoms with van der Waals surface area (Å²) >= 11 is 6.13. The summed E-state index contributed by atoms with van der Waals surface area (Å²) < 4.78 is 1.52. The molecule has 0 aliphatic heterocycles. The van der Waals surface area contributed by atoms with Crippen molar-refractivity contribution >= 4 is 17.4 Å². The summed E-state index contributed by atoms with van der Waals surface area (Å²) in [5.74, 6) is -1.30. The monoisotopic (exact) mass is 322 g/mol. The summed E-state index contributed by atoms with van der Waals surface area (Å²) in [6.07, 6.45) is 4.55. The lowest BCUT2D eigenvalue weighted by Crippen LogP contribution is -2.12. The molecule has 0 amide bonds. The Kier molecular flexibility index (Phi) is 4.18. The maximum absolute atomic E-state index is 12.6. The molecular weight excluding hydrogens is 312 g/mol. The SMILES string of the molecule is N#CC(C(=O)c1cnn(-c2ccccc2Cl)c1)c1ccccn1. The van der Waals surface area contributed by atoms with Crippen LogP contribution in [0.4, 0.5) is 0 Å². The van der Waals surface area contributed by atoms with E-state index in [4.69, 9.17) is 11.6 Å². The molecule has 2 heterocycles. The quantitative estimate of drug-likeness (QED) is 0.690. The Morgan fingerprint density at radius 1 is 1.22 bits per heavy atom. The molecule has 3 rings (SSSR count). The van der Waals surface area contributed by atoms with E-state index in [0.29, 0.717) is 22.0 Å². The number of pyridine rings is 1. The van der Waals surface area contributed by atoms with Crippen LogP contribution in [0.25, 0.3) is 5.69 Å². The average Bonchev–Trinajstić information content (AvgIpc) is 3.06. The molecule has 0 fully saturated rings. The van der Waals surface area contributed by atoms with E-state index in [1.54, 1.807) is 42.7 Å². The number of halogens is 1. The maximum atomic E-state index is 12.6. The van der Waals surface area contributed by atoms with E-state index in [2.05, 4.69) is 10.1 Å². The van der Waals surface area contributed by atoms with Crippen molar-refractivity contribution in [3.05, 3.63) is 77.3 Å². The topological polar surface area (TPSA) is 71.6 Å². The predicted molar refractivity (Wildman–Crippen MR) is 85.5 cm³/mol. The van der Waals surface area contributed by atoms with Crippen molar-refractivity contribution in [2.75, 3.05) is 0 Å². The van der Waals surface area contributed by atoms with Gasteiger partial charge in [0.2, 0.25) is 0 Å². The summed E-state index contributed by atoms with van der Waals surface area (Å²) in [7, 11) is 0. The first-order valence-corrected chi connectivity index (χ1v) is 7.23. The highest BCUT2D eigenvalue weighted by molar-refractivity contribution is 6.32. The number of hydrogen-bond donors (Lipinski definition) is 0. The van der Waals surface area contributed by atoms with E-state index in [1.165, 1.54) is 10.9 Å². The third-order valence-electron chi connectivity index (χ3n) is 3.34. The molecule has 2 aromatic heterocycles. The fourth-order valence-electron chi connectivity index (χ4n) is 2.19. The molecule has 0 saturated carbocycles. The predicted octanol–water partition coefficient (Wildman–Crippen LogP) is 3.41. The van der Waals surface area contributed by atoms with E-state index in [1.807, 2.05) is 18.2 Å². The van der Waals surface area contributed by atoms with Crippen LogP contribution in [0, 0.1) is 11.3 Å². The van der Waals surface area contributed by atoms with E-state index >= 15 is 0 Å². The molecule has 0 radical (unpaired) electrons. The zero-order chi connectivity index (χ0) is 16.2. The summed E-state index contributed by atoms with van der Waals surface area (Å²) in [5.41, 5.74) is 1.42. The summed E-state index contributed by atoms with van der Waals surface area (Å²) in [5, 5.41) is 14.0. The number of aromatic nitrogens is 3. The highest BCUT2D eigenvalue weighted by Gasteiger charge is 2.24. The van der Waals surface area contributed by atoms with Crippen LogP contribution in [0.1, 0.15) is 22.0 Å². The maximum Gasteiger partial charge on any atom is 0.189 e. The minimum atomic E-state index is -0.958. The molecule has 0 aliphatic rings. The second-order valence-corrected chi connectivity index (χ2v) is 5.21. The fourth-order valence-corrected chi connectivity index (χ4v) is 2.41. The lowest BCUT2D eigenvalue weighted by atomic mass is 9.97. The minimum Gasteiger partial charge on any atom is -0.292 e. The normalized spacial score (nSPS) is 11.7. The largest absolute Gasteiger partial charge is 0.292 e. The van der Waals surface area contributed by atoms with Crippen molar-refractivity contribution in [2.24, 2.45) is 0 Å². The van der Waals surface area contributed by atoms with E-state index in [0.717, 1.165) is 0 Å². The Hall–Kier alpha value is -2.97. The first-order chi connectivity index (χ1) is 11.2. The van der Waals surface area contributed by atoms with Gasteiger partial charge < -0.3 is 0 Å². The van der Waals surface area contributed by atoms with Crippen LogP contribution in [-0.2, 0) is 0 Å². The van der Waals surface area contributed by atoms with E-state index in [9.17, 15) is 10.1 Å². The Labute approximate surface area is 137 Å². The van der Waals surface area contributed by atoms with Crippen LogP contribution in [0.2, 0.25) is 5.02 Å². The Balaban J connectivity index is 1.93. The molecule has 0 spiro atoms. The van der Waals surface area contributed by atoms with Crippen molar-refractivity contribution in [1.82, 2.24) is 14.8 Å².